The second-order valence-electron chi connectivity index (χ2n) is 4.85. The van der Waals surface area contributed by atoms with E-state index in [0.29, 0.717) is 4.57 Å². The van der Waals surface area contributed by atoms with Crippen LogP contribution in [0.15, 0.2) is 17.1 Å². The van der Waals surface area contributed by atoms with Crippen molar-refractivity contribution in [2.45, 2.75) is 44.6 Å². The molecule has 0 saturated carbocycles. The Kier molecular flexibility index (Phi) is 3.95. The van der Waals surface area contributed by atoms with Crippen LogP contribution in [-0.4, -0.2) is 33.7 Å². The van der Waals surface area contributed by atoms with Gasteiger partial charge in [0, 0.05) is 19.5 Å². The van der Waals surface area contributed by atoms with Crippen molar-refractivity contribution in [3.63, 3.8) is 0 Å². The summed E-state index contributed by atoms with van der Waals surface area (Å²) in [5.41, 5.74) is 4.38. The molecule has 3 unspecified atom stereocenters. The van der Waals surface area contributed by atoms with Gasteiger partial charge in [-0.05, 0) is 13.0 Å². The van der Waals surface area contributed by atoms with Gasteiger partial charge in [-0.15, -0.1) is 0 Å². The zero-order valence-corrected chi connectivity index (χ0v) is 11.5. The standard InChI is InChI=1S/C12H15F2N3O4/c1-6(20-7(2)18)8-5-12(13,14)10(21-8)17-4-3-9(15)16-11(17)19/h3-4,6,8,10H,5H2,1-2H3,(H2,15,16,19). The fourth-order valence-electron chi connectivity index (χ4n) is 2.17. The van der Waals surface area contributed by atoms with E-state index in [2.05, 4.69) is 4.98 Å². The fourth-order valence-corrected chi connectivity index (χ4v) is 2.17. The number of rotatable bonds is 3. The number of carbonyl (C=O) groups is 1. The van der Waals surface area contributed by atoms with Crippen LogP contribution in [0.4, 0.5) is 14.6 Å². The van der Waals surface area contributed by atoms with Crippen LogP contribution in [0, 0.1) is 0 Å². The molecule has 9 heteroatoms. The van der Waals surface area contributed by atoms with Gasteiger partial charge < -0.3 is 15.2 Å². The maximum Gasteiger partial charge on any atom is 0.351 e. The lowest BCUT2D eigenvalue weighted by Crippen LogP contribution is -2.35. The lowest BCUT2D eigenvalue weighted by molar-refractivity contribution is -0.157. The lowest BCUT2D eigenvalue weighted by atomic mass is 10.1. The summed E-state index contributed by atoms with van der Waals surface area (Å²) in [5, 5.41) is 0. The van der Waals surface area contributed by atoms with Crippen LogP contribution in [0.3, 0.4) is 0 Å². The van der Waals surface area contributed by atoms with E-state index >= 15 is 0 Å². The van der Waals surface area contributed by atoms with Crippen molar-refractivity contribution in [3.8, 4) is 0 Å². The first-order valence-corrected chi connectivity index (χ1v) is 6.26. The molecule has 21 heavy (non-hydrogen) atoms. The highest BCUT2D eigenvalue weighted by Gasteiger charge is 2.53. The highest BCUT2D eigenvalue weighted by molar-refractivity contribution is 5.66. The molecular formula is C12H15F2N3O4. The number of ether oxygens (including phenoxy) is 2. The number of halogens is 2. The minimum atomic E-state index is -3.29. The van der Waals surface area contributed by atoms with Crippen LogP contribution in [0.5, 0.6) is 0 Å². The molecule has 1 saturated heterocycles. The Hall–Kier alpha value is -2.03. The normalized spacial score (nSPS) is 25.5. The summed E-state index contributed by atoms with van der Waals surface area (Å²) in [6.07, 6.45) is -3.24. The molecule has 0 bridgehead atoms. The average molecular weight is 303 g/mol. The number of carbonyl (C=O) groups excluding carboxylic acids is 1. The Morgan fingerprint density at radius 3 is 2.90 bits per heavy atom. The van der Waals surface area contributed by atoms with Crippen molar-refractivity contribution in [1.29, 1.82) is 0 Å². The third-order valence-electron chi connectivity index (χ3n) is 3.12. The van der Waals surface area contributed by atoms with Gasteiger partial charge in [-0.25, -0.2) is 13.6 Å². The third-order valence-corrected chi connectivity index (χ3v) is 3.12. The van der Waals surface area contributed by atoms with E-state index in [9.17, 15) is 18.4 Å². The molecule has 116 valence electrons. The molecule has 0 aromatic carbocycles. The highest BCUT2D eigenvalue weighted by atomic mass is 19.3. The molecule has 1 fully saturated rings. The smallest absolute Gasteiger partial charge is 0.351 e. The zero-order chi connectivity index (χ0) is 15.8. The predicted octanol–water partition coefficient (Wildman–Crippen LogP) is 0.700. The van der Waals surface area contributed by atoms with Gasteiger partial charge in [0.05, 0.1) is 0 Å². The molecular weight excluding hydrogens is 288 g/mol. The van der Waals surface area contributed by atoms with Gasteiger partial charge >= 0.3 is 11.7 Å². The average Bonchev–Trinajstić information content (AvgIpc) is 2.64. The van der Waals surface area contributed by atoms with E-state index in [1.54, 1.807) is 0 Å². The van der Waals surface area contributed by atoms with Gasteiger partial charge in [-0.2, -0.15) is 4.98 Å². The Bertz CT molecular complexity index is 604. The summed E-state index contributed by atoms with van der Waals surface area (Å²) < 4.78 is 38.8. The van der Waals surface area contributed by atoms with E-state index in [-0.39, 0.29) is 5.82 Å². The summed E-state index contributed by atoms with van der Waals surface area (Å²) >= 11 is 0. The van der Waals surface area contributed by atoms with E-state index in [1.165, 1.54) is 19.9 Å². The Morgan fingerprint density at radius 1 is 1.67 bits per heavy atom. The Balaban J connectivity index is 2.24. The second kappa shape index (κ2) is 5.40. The number of nitrogen functional groups attached to an aromatic ring is 1. The number of aromatic nitrogens is 2. The van der Waals surface area contributed by atoms with Gasteiger partial charge in [0.15, 0.2) is 0 Å². The van der Waals surface area contributed by atoms with Gasteiger partial charge in [0.2, 0.25) is 6.23 Å². The van der Waals surface area contributed by atoms with Crippen molar-refractivity contribution >= 4 is 11.8 Å². The number of nitrogens with zero attached hydrogens (tertiary/aromatic N) is 2. The summed E-state index contributed by atoms with van der Waals surface area (Å²) in [6, 6.07) is 1.23. The van der Waals surface area contributed by atoms with Crippen LogP contribution >= 0.6 is 0 Å². The van der Waals surface area contributed by atoms with Crippen LogP contribution in [0.1, 0.15) is 26.5 Å². The van der Waals surface area contributed by atoms with Crippen LogP contribution < -0.4 is 11.4 Å². The molecule has 2 heterocycles. The van der Waals surface area contributed by atoms with E-state index in [4.69, 9.17) is 15.2 Å². The van der Waals surface area contributed by atoms with E-state index in [0.717, 1.165) is 6.20 Å². The van der Waals surface area contributed by atoms with Crippen molar-refractivity contribution in [3.05, 3.63) is 22.7 Å². The summed E-state index contributed by atoms with van der Waals surface area (Å²) in [6.45, 7) is 2.63. The Labute approximate surface area is 118 Å². The van der Waals surface area contributed by atoms with Crippen molar-refractivity contribution in [1.82, 2.24) is 9.55 Å². The van der Waals surface area contributed by atoms with Gasteiger partial charge in [0.1, 0.15) is 18.0 Å². The van der Waals surface area contributed by atoms with Crippen molar-refractivity contribution < 1.29 is 23.0 Å². The highest BCUT2D eigenvalue weighted by Crippen LogP contribution is 2.43. The minimum absolute atomic E-state index is 0.0672. The van der Waals surface area contributed by atoms with Gasteiger partial charge in [-0.3, -0.25) is 9.36 Å². The fraction of sp³-hybridized carbons (Fsp3) is 0.583. The first-order valence-electron chi connectivity index (χ1n) is 6.26. The molecule has 1 aromatic heterocycles. The quantitative estimate of drug-likeness (QED) is 0.826. The molecule has 0 radical (unpaired) electrons. The van der Waals surface area contributed by atoms with Crippen molar-refractivity contribution in [2.24, 2.45) is 0 Å². The van der Waals surface area contributed by atoms with E-state index < -0.39 is 42.4 Å². The maximum absolute atomic E-state index is 14.0. The molecule has 7 nitrogen and oxygen atoms in total. The third kappa shape index (κ3) is 3.18. The number of alkyl halides is 2. The first kappa shape index (κ1) is 15.4. The monoisotopic (exact) mass is 303 g/mol. The topological polar surface area (TPSA) is 96.4 Å². The number of nitrogens with two attached hydrogens (primary N) is 1. The van der Waals surface area contributed by atoms with Gasteiger partial charge in [0.25, 0.3) is 5.92 Å². The molecule has 1 aliphatic heterocycles. The second-order valence-corrected chi connectivity index (χ2v) is 4.85. The van der Waals surface area contributed by atoms with E-state index in [1.807, 2.05) is 0 Å². The lowest BCUT2D eigenvalue weighted by Gasteiger charge is -2.20. The zero-order valence-electron chi connectivity index (χ0n) is 11.5. The van der Waals surface area contributed by atoms with Crippen molar-refractivity contribution in [2.75, 3.05) is 5.73 Å². The minimum Gasteiger partial charge on any atom is -0.460 e. The predicted molar refractivity (Wildman–Crippen MR) is 67.6 cm³/mol. The van der Waals surface area contributed by atoms with Crippen LogP contribution in [0.25, 0.3) is 0 Å². The van der Waals surface area contributed by atoms with Crippen LogP contribution in [0.2, 0.25) is 0 Å². The molecule has 0 amide bonds. The number of hydrogen-bond acceptors (Lipinski definition) is 6. The number of esters is 1. The molecule has 0 aliphatic carbocycles. The van der Waals surface area contributed by atoms with Gasteiger partial charge in [-0.1, -0.05) is 0 Å². The number of anilines is 1. The SMILES string of the molecule is CC(=O)OC(C)C1CC(F)(F)C(n2ccc(N)nc2=O)O1. The first-order chi connectivity index (χ1) is 9.70. The molecule has 2 N–H and O–H groups in total. The molecule has 1 aliphatic rings. The molecule has 2 rings (SSSR count). The Morgan fingerprint density at radius 2 is 2.33 bits per heavy atom. The molecule has 3 atom stereocenters. The largest absolute Gasteiger partial charge is 0.460 e. The maximum atomic E-state index is 14.0. The summed E-state index contributed by atoms with van der Waals surface area (Å²) in [7, 11) is 0. The summed E-state index contributed by atoms with van der Waals surface area (Å²) in [5.74, 6) is -3.95. The summed E-state index contributed by atoms with van der Waals surface area (Å²) in [4.78, 5) is 25.9. The molecule has 1 aromatic rings. The molecule has 0 spiro atoms. The number of hydrogen-bond donors (Lipinski definition) is 1. The van der Waals surface area contributed by atoms with Crippen LogP contribution in [-0.2, 0) is 14.3 Å².